The molecular formula is C14H19ClN2O2S. The lowest BCUT2D eigenvalue weighted by Crippen LogP contribution is -2.16. The number of hydrogen-bond acceptors (Lipinski definition) is 3. The Morgan fingerprint density at radius 3 is 2.70 bits per heavy atom. The summed E-state index contributed by atoms with van der Waals surface area (Å²) in [7, 11) is -3.01. The number of nitrogens with zero attached hydrogens (tertiary/aromatic N) is 2. The van der Waals surface area contributed by atoms with Crippen molar-refractivity contribution in [1.29, 1.82) is 0 Å². The maximum Gasteiger partial charge on any atom is 0.151 e. The summed E-state index contributed by atoms with van der Waals surface area (Å²) in [5.74, 6) is 0.989. The predicted octanol–water partition coefficient (Wildman–Crippen LogP) is 3.08. The van der Waals surface area contributed by atoms with Crippen LogP contribution in [0.1, 0.15) is 30.6 Å². The normalized spacial score (nSPS) is 13.8. The average molecular weight is 315 g/mol. The van der Waals surface area contributed by atoms with Crippen LogP contribution in [-0.4, -0.2) is 29.5 Å². The summed E-state index contributed by atoms with van der Waals surface area (Å²) in [6.07, 6.45) is 0. The van der Waals surface area contributed by atoms with Crippen LogP contribution in [0.25, 0.3) is 11.0 Å². The number of rotatable bonds is 5. The molecule has 0 radical (unpaired) electrons. The van der Waals surface area contributed by atoms with Gasteiger partial charge in [0.1, 0.15) is 5.82 Å². The van der Waals surface area contributed by atoms with Gasteiger partial charge in [-0.05, 0) is 31.5 Å². The summed E-state index contributed by atoms with van der Waals surface area (Å²) in [6, 6.07) is 5.95. The highest BCUT2D eigenvalue weighted by Gasteiger charge is 2.17. The molecule has 1 atom stereocenters. The van der Waals surface area contributed by atoms with Gasteiger partial charge in [0, 0.05) is 12.3 Å². The van der Waals surface area contributed by atoms with E-state index in [9.17, 15) is 8.42 Å². The standard InChI is InChI=1S/C14H19ClN2O2S/c1-4-20(18,19)8-7-17-13-9-10(2)5-6-12(13)16-14(17)11(3)15/h5-6,9,11H,4,7-8H2,1-3H3. The molecule has 110 valence electrons. The molecule has 1 aromatic heterocycles. The van der Waals surface area contributed by atoms with E-state index in [1.165, 1.54) is 0 Å². The fraction of sp³-hybridized carbons (Fsp3) is 0.500. The lowest BCUT2D eigenvalue weighted by molar-refractivity contribution is 0.589. The van der Waals surface area contributed by atoms with Gasteiger partial charge in [0.15, 0.2) is 9.84 Å². The molecule has 0 saturated heterocycles. The maximum absolute atomic E-state index is 11.7. The molecule has 0 N–H and O–H groups in total. The third-order valence-corrected chi connectivity index (χ3v) is 5.23. The number of sulfone groups is 1. The second-order valence-electron chi connectivity index (χ2n) is 4.97. The van der Waals surface area contributed by atoms with Crippen molar-refractivity contribution >= 4 is 32.5 Å². The number of hydrogen-bond donors (Lipinski definition) is 0. The molecule has 0 saturated carbocycles. The van der Waals surface area contributed by atoms with Gasteiger partial charge in [-0.25, -0.2) is 13.4 Å². The molecule has 0 spiro atoms. The van der Waals surface area contributed by atoms with Gasteiger partial charge in [0.05, 0.1) is 22.2 Å². The Kier molecular flexibility index (Phi) is 4.39. The number of aromatic nitrogens is 2. The first-order valence-corrected chi connectivity index (χ1v) is 8.91. The summed E-state index contributed by atoms with van der Waals surface area (Å²) >= 11 is 6.17. The minimum atomic E-state index is -3.01. The van der Waals surface area contributed by atoms with Crippen LogP contribution in [0.3, 0.4) is 0 Å². The SMILES string of the molecule is CCS(=O)(=O)CCn1c(C(C)Cl)nc2ccc(C)cc21. The van der Waals surface area contributed by atoms with Crippen molar-refractivity contribution in [2.45, 2.75) is 32.7 Å². The lowest BCUT2D eigenvalue weighted by Gasteiger charge is -2.10. The fourth-order valence-corrected chi connectivity index (χ4v) is 3.08. The molecule has 2 rings (SSSR count). The van der Waals surface area contributed by atoms with Crippen LogP contribution in [0.2, 0.25) is 0 Å². The topological polar surface area (TPSA) is 52.0 Å². The van der Waals surface area contributed by atoms with E-state index < -0.39 is 9.84 Å². The predicted molar refractivity (Wildman–Crippen MR) is 83.1 cm³/mol. The summed E-state index contributed by atoms with van der Waals surface area (Å²) in [5, 5.41) is -0.257. The highest BCUT2D eigenvalue weighted by atomic mass is 35.5. The highest BCUT2D eigenvalue weighted by Crippen LogP contribution is 2.25. The van der Waals surface area contributed by atoms with Gasteiger partial charge < -0.3 is 4.57 Å². The Morgan fingerprint density at radius 1 is 1.40 bits per heavy atom. The van der Waals surface area contributed by atoms with E-state index in [4.69, 9.17) is 11.6 Å². The van der Waals surface area contributed by atoms with Gasteiger partial charge in [-0.3, -0.25) is 0 Å². The molecule has 4 nitrogen and oxygen atoms in total. The first-order chi connectivity index (χ1) is 9.34. The third kappa shape index (κ3) is 3.15. The molecule has 1 heterocycles. The molecule has 0 fully saturated rings. The van der Waals surface area contributed by atoms with Crippen molar-refractivity contribution in [2.24, 2.45) is 0 Å². The molecule has 0 amide bonds. The van der Waals surface area contributed by atoms with Gasteiger partial charge in [-0.1, -0.05) is 13.0 Å². The van der Waals surface area contributed by atoms with Crippen molar-refractivity contribution in [3.05, 3.63) is 29.6 Å². The molecule has 20 heavy (non-hydrogen) atoms. The van der Waals surface area contributed by atoms with E-state index in [0.717, 1.165) is 22.4 Å². The molecule has 1 unspecified atom stereocenters. The van der Waals surface area contributed by atoms with Crippen LogP contribution >= 0.6 is 11.6 Å². The highest BCUT2D eigenvalue weighted by molar-refractivity contribution is 7.91. The van der Waals surface area contributed by atoms with Gasteiger partial charge in [-0.2, -0.15) is 0 Å². The summed E-state index contributed by atoms with van der Waals surface area (Å²) < 4.78 is 25.3. The van der Waals surface area contributed by atoms with Crippen LogP contribution < -0.4 is 0 Å². The first-order valence-electron chi connectivity index (χ1n) is 6.65. The number of halogens is 1. The number of imidazole rings is 1. The Hall–Kier alpha value is -1.07. The number of alkyl halides is 1. The third-order valence-electron chi connectivity index (χ3n) is 3.35. The summed E-state index contributed by atoms with van der Waals surface area (Å²) in [5.41, 5.74) is 2.91. The zero-order valence-corrected chi connectivity index (χ0v) is 13.5. The van der Waals surface area contributed by atoms with E-state index >= 15 is 0 Å². The zero-order valence-electron chi connectivity index (χ0n) is 11.9. The van der Waals surface area contributed by atoms with Gasteiger partial charge in [0.25, 0.3) is 0 Å². The van der Waals surface area contributed by atoms with Gasteiger partial charge in [-0.15, -0.1) is 11.6 Å². The fourth-order valence-electron chi connectivity index (χ4n) is 2.16. The zero-order chi connectivity index (χ0) is 14.9. The largest absolute Gasteiger partial charge is 0.326 e. The second kappa shape index (κ2) is 5.74. The van der Waals surface area contributed by atoms with Gasteiger partial charge in [0.2, 0.25) is 0 Å². The Bertz CT molecular complexity index is 720. The molecule has 0 bridgehead atoms. The van der Waals surface area contributed by atoms with E-state index in [2.05, 4.69) is 4.98 Å². The molecule has 1 aromatic carbocycles. The number of benzene rings is 1. The van der Waals surface area contributed by atoms with Gasteiger partial charge >= 0.3 is 0 Å². The molecular weight excluding hydrogens is 296 g/mol. The summed E-state index contributed by atoms with van der Waals surface area (Å²) in [4.78, 5) is 4.52. The molecule has 6 heteroatoms. The minimum Gasteiger partial charge on any atom is -0.326 e. The van der Waals surface area contributed by atoms with Crippen molar-refractivity contribution in [3.8, 4) is 0 Å². The maximum atomic E-state index is 11.7. The first kappa shape index (κ1) is 15.3. The minimum absolute atomic E-state index is 0.111. The number of aryl methyl sites for hydroxylation is 2. The number of fused-ring (bicyclic) bond motifs is 1. The Morgan fingerprint density at radius 2 is 2.10 bits per heavy atom. The second-order valence-corrected chi connectivity index (χ2v) is 8.09. The van der Waals surface area contributed by atoms with Crippen molar-refractivity contribution in [2.75, 3.05) is 11.5 Å². The van der Waals surface area contributed by atoms with E-state index in [1.54, 1.807) is 6.92 Å². The van der Waals surface area contributed by atoms with Crippen molar-refractivity contribution in [1.82, 2.24) is 9.55 Å². The van der Waals surface area contributed by atoms with Crippen LogP contribution in [-0.2, 0) is 16.4 Å². The van der Waals surface area contributed by atoms with Crippen LogP contribution in [0.15, 0.2) is 18.2 Å². The molecule has 0 aliphatic rings. The van der Waals surface area contributed by atoms with E-state index in [-0.39, 0.29) is 16.9 Å². The average Bonchev–Trinajstić information content (AvgIpc) is 2.74. The van der Waals surface area contributed by atoms with Crippen LogP contribution in [0.5, 0.6) is 0 Å². The molecule has 2 aromatic rings. The molecule has 0 aliphatic carbocycles. The monoisotopic (exact) mass is 314 g/mol. The lowest BCUT2D eigenvalue weighted by atomic mass is 10.2. The van der Waals surface area contributed by atoms with E-state index in [0.29, 0.717) is 6.54 Å². The van der Waals surface area contributed by atoms with E-state index in [1.807, 2.05) is 36.6 Å². The molecule has 0 aliphatic heterocycles. The Balaban J connectivity index is 2.48. The Labute approximate surface area is 124 Å². The van der Waals surface area contributed by atoms with Crippen molar-refractivity contribution < 1.29 is 8.42 Å². The smallest absolute Gasteiger partial charge is 0.151 e. The quantitative estimate of drug-likeness (QED) is 0.797. The van der Waals surface area contributed by atoms with Crippen molar-refractivity contribution in [3.63, 3.8) is 0 Å². The van der Waals surface area contributed by atoms with Crippen LogP contribution in [0.4, 0.5) is 0 Å². The van der Waals surface area contributed by atoms with Crippen LogP contribution in [0, 0.1) is 6.92 Å². The summed E-state index contributed by atoms with van der Waals surface area (Å²) in [6.45, 7) is 5.91.